The van der Waals surface area contributed by atoms with Crippen LogP contribution in [-0.4, -0.2) is 44.9 Å². The van der Waals surface area contributed by atoms with Crippen molar-refractivity contribution in [3.05, 3.63) is 50.4 Å². The van der Waals surface area contributed by atoms with E-state index in [1.54, 1.807) is 36.9 Å². The van der Waals surface area contributed by atoms with Crippen LogP contribution in [0.3, 0.4) is 0 Å². The number of halogens is 1. The Morgan fingerprint density at radius 3 is 2.71 bits per heavy atom. The van der Waals surface area contributed by atoms with Crippen molar-refractivity contribution in [2.75, 3.05) is 25.6 Å². The lowest BCUT2D eigenvalue weighted by molar-refractivity contribution is -0.116. The van der Waals surface area contributed by atoms with Gasteiger partial charge in [0.1, 0.15) is 6.61 Å². The summed E-state index contributed by atoms with van der Waals surface area (Å²) < 4.78 is 14.6. The number of benzene rings is 1. The van der Waals surface area contributed by atoms with Crippen molar-refractivity contribution in [3.63, 3.8) is 0 Å². The summed E-state index contributed by atoms with van der Waals surface area (Å²) >= 11 is 6.19. The van der Waals surface area contributed by atoms with Crippen molar-refractivity contribution in [1.29, 1.82) is 0 Å². The number of hydrogen-bond acceptors (Lipinski definition) is 6. The van der Waals surface area contributed by atoms with Crippen LogP contribution >= 0.6 is 11.6 Å². The minimum absolute atomic E-state index is 0.204. The number of nitrogens with one attached hydrogen (secondary N) is 1. The molecule has 0 bridgehead atoms. The molecule has 0 spiro atoms. The molecule has 0 aliphatic rings. The maximum atomic E-state index is 12.5. The van der Waals surface area contributed by atoms with Crippen molar-refractivity contribution in [2.45, 2.75) is 19.4 Å². The minimum Gasteiger partial charge on any atom is -0.487 e. The van der Waals surface area contributed by atoms with Crippen LogP contribution in [0.5, 0.6) is 5.75 Å². The summed E-state index contributed by atoms with van der Waals surface area (Å²) in [4.78, 5) is 41.1. The first-order valence-corrected chi connectivity index (χ1v) is 10.0. The van der Waals surface area contributed by atoms with E-state index in [-0.39, 0.29) is 12.3 Å². The molecule has 0 unspecified atom stereocenters. The van der Waals surface area contributed by atoms with E-state index >= 15 is 0 Å². The number of hydrogen-bond donors (Lipinski definition) is 1. The molecular weight excluding hydrogens is 426 g/mol. The summed E-state index contributed by atoms with van der Waals surface area (Å²) in [5, 5.41) is 3.20. The SMILES string of the molecule is COCCOc1c(Cl)cccc1NC(=O)CCCn1cnc2c1c(=O)n(C)c(=O)n2C. The first-order valence-electron chi connectivity index (χ1n) is 9.66. The average Bonchev–Trinajstić information content (AvgIpc) is 3.17. The van der Waals surface area contributed by atoms with Gasteiger partial charge >= 0.3 is 5.69 Å². The van der Waals surface area contributed by atoms with Crippen LogP contribution in [0.4, 0.5) is 5.69 Å². The topological polar surface area (TPSA) is 109 Å². The third kappa shape index (κ3) is 4.80. The van der Waals surface area contributed by atoms with Gasteiger partial charge in [-0.2, -0.15) is 0 Å². The van der Waals surface area contributed by atoms with Crippen LogP contribution in [0.15, 0.2) is 34.1 Å². The minimum atomic E-state index is -0.438. The van der Waals surface area contributed by atoms with Gasteiger partial charge < -0.3 is 19.4 Å². The van der Waals surface area contributed by atoms with Crippen molar-refractivity contribution in [2.24, 2.45) is 14.1 Å². The molecule has 0 saturated heterocycles. The number of amides is 1. The Hall–Kier alpha value is -3.11. The molecule has 10 nitrogen and oxygen atoms in total. The Bertz CT molecular complexity index is 1210. The number of para-hydroxylation sites is 1. The molecular formula is C20H24ClN5O5. The van der Waals surface area contributed by atoms with Crippen LogP contribution in [0, 0.1) is 0 Å². The zero-order valence-electron chi connectivity index (χ0n) is 17.6. The van der Waals surface area contributed by atoms with Crippen LogP contribution < -0.4 is 21.3 Å². The van der Waals surface area contributed by atoms with E-state index in [0.29, 0.717) is 53.8 Å². The highest BCUT2D eigenvalue weighted by Gasteiger charge is 2.15. The predicted octanol–water partition coefficient (Wildman–Crippen LogP) is 1.53. The summed E-state index contributed by atoms with van der Waals surface area (Å²) in [5.74, 6) is 0.170. The molecule has 2 aromatic heterocycles. The van der Waals surface area contributed by atoms with Gasteiger partial charge in [-0.3, -0.25) is 18.7 Å². The van der Waals surface area contributed by atoms with E-state index in [1.807, 2.05) is 0 Å². The molecule has 1 amide bonds. The lowest BCUT2D eigenvalue weighted by atomic mass is 10.2. The van der Waals surface area contributed by atoms with Crippen LogP contribution in [0.25, 0.3) is 11.2 Å². The van der Waals surface area contributed by atoms with Gasteiger partial charge in [-0.15, -0.1) is 0 Å². The summed E-state index contributed by atoms with van der Waals surface area (Å²) in [5.41, 5.74) is 0.262. The molecule has 2 heterocycles. The average molecular weight is 450 g/mol. The number of anilines is 1. The number of rotatable bonds is 9. The number of aromatic nitrogens is 4. The standard InChI is InChI=1S/C20H24ClN5O5/c1-24-18-16(19(28)25(2)20(24)29)26(12-22-18)9-5-8-15(27)23-14-7-4-6-13(21)17(14)31-11-10-30-3/h4,6-7,12H,5,8-11H2,1-3H3,(H,23,27). The van der Waals surface area contributed by atoms with Gasteiger partial charge in [-0.05, 0) is 18.6 Å². The quantitative estimate of drug-likeness (QED) is 0.496. The zero-order chi connectivity index (χ0) is 22.5. The summed E-state index contributed by atoms with van der Waals surface area (Å²) in [6, 6.07) is 5.11. The number of methoxy groups -OCH3 is 1. The van der Waals surface area contributed by atoms with Gasteiger partial charge in [0.05, 0.1) is 23.6 Å². The van der Waals surface area contributed by atoms with Crippen molar-refractivity contribution in [3.8, 4) is 5.75 Å². The molecule has 0 radical (unpaired) electrons. The second-order valence-electron chi connectivity index (χ2n) is 6.93. The van der Waals surface area contributed by atoms with Gasteiger partial charge in [0.25, 0.3) is 5.56 Å². The zero-order valence-corrected chi connectivity index (χ0v) is 18.3. The lowest BCUT2D eigenvalue weighted by Gasteiger charge is -2.14. The molecule has 166 valence electrons. The van der Waals surface area contributed by atoms with Crippen molar-refractivity contribution >= 4 is 34.4 Å². The second-order valence-corrected chi connectivity index (χ2v) is 7.33. The number of fused-ring (bicyclic) bond motifs is 1. The molecule has 3 rings (SSSR count). The Kier molecular flexibility index (Phi) is 7.13. The second kappa shape index (κ2) is 9.80. The van der Waals surface area contributed by atoms with Gasteiger partial charge in [0.15, 0.2) is 16.9 Å². The highest BCUT2D eigenvalue weighted by atomic mass is 35.5. The molecule has 3 aromatic rings. The first kappa shape index (κ1) is 22.6. The van der Waals surface area contributed by atoms with E-state index in [9.17, 15) is 14.4 Å². The number of aryl methyl sites for hydroxylation is 2. The molecule has 0 aliphatic carbocycles. The fraction of sp³-hybridized carbons (Fsp3) is 0.400. The molecule has 0 fully saturated rings. The number of carbonyl (C=O) groups excluding carboxylic acids is 1. The predicted molar refractivity (Wildman–Crippen MR) is 117 cm³/mol. The Labute approximate surface area is 183 Å². The van der Waals surface area contributed by atoms with E-state index < -0.39 is 11.2 Å². The fourth-order valence-corrected chi connectivity index (χ4v) is 3.40. The van der Waals surface area contributed by atoms with Gasteiger partial charge in [-0.1, -0.05) is 17.7 Å². The monoisotopic (exact) mass is 449 g/mol. The van der Waals surface area contributed by atoms with Crippen LogP contribution in [0.2, 0.25) is 5.02 Å². The lowest BCUT2D eigenvalue weighted by Crippen LogP contribution is -2.37. The van der Waals surface area contributed by atoms with Gasteiger partial charge in [0.2, 0.25) is 5.91 Å². The Morgan fingerprint density at radius 1 is 1.19 bits per heavy atom. The highest BCUT2D eigenvalue weighted by Crippen LogP contribution is 2.33. The maximum absolute atomic E-state index is 12.5. The third-order valence-electron chi connectivity index (χ3n) is 4.79. The molecule has 0 saturated carbocycles. The number of imidazole rings is 1. The Morgan fingerprint density at radius 2 is 1.97 bits per heavy atom. The molecule has 1 N–H and O–H groups in total. The molecule has 11 heteroatoms. The highest BCUT2D eigenvalue weighted by molar-refractivity contribution is 6.32. The van der Waals surface area contributed by atoms with E-state index in [1.165, 1.54) is 17.9 Å². The first-order chi connectivity index (χ1) is 14.8. The largest absolute Gasteiger partial charge is 0.487 e. The van der Waals surface area contributed by atoms with E-state index in [2.05, 4.69) is 10.3 Å². The smallest absolute Gasteiger partial charge is 0.332 e. The number of carbonyl (C=O) groups is 1. The van der Waals surface area contributed by atoms with E-state index in [4.69, 9.17) is 21.1 Å². The number of ether oxygens (including phenoxy) is 2. The van der Waals surface area contributed by atoms with E-state index in [0.717, 1.165) is 4.57 Å². The van der Waals surface area contributed by atoms with Crippen LogP contribution in [-0.2, 0) is 30.2 Å². The molecule has 0 aliphatic heterocycles. The van der Waals surface area contributed by atoms with Gasteiger partial charge in [-0.25, -0.2) is 9.78 Å². The molecule has 1 aromatic carbocycles. The third-order valence-corrected chi connectivity index (χ3v) is 5.09. The summed E-state index contributed by atoms with van der Waals surface area (Å²) in [6.45, 7) is 1.08. The summed E-state index contributed by atoms with van der Waals surface area (Å²) in [7, 11) is 4.55. The Balaban J connectivity index is 1.66. The maximum Gasteiger partial charge on any atom is 0.332 e. The normalized spacial score (nSPS) is 11.1. The molecule has 31 heavy (non-hydrogen) atoms. The summed E-state index contributed by atoms with van der Waals surface area (Å²) in [6.07, 6.45) is 2.17. The van der Waals surface area contributed by atoms with Crippen molar-refractivity contribution in [1.82, 2.24) is 18.7 Å². The van der Waals surface area contributed by atoms with Crippen molar-refractivity contribution < 1.29 is 14.3 Å². The fourth-order valence-electron chi connectivity index (χ4n) is 3.17. The molecule has 0 atom stereocenters. The number of nitrogens with zero attached hydrogens (tertiary/aromatic N) is 4. The van der Waals surface area contributed by atoms with Crippen LogP contribution in [0.1, 0.15) is 12.8 Å². The van der Waals surface area contributed by atoms with Gasteiger partial charge in [0, 0.05) is 34.2 Å².